The first-order valence-corrected chi connectivity index (χ1v) is 6.69. The Labute approximate surface area is 91.5 Å². The SMILES string of the molecule is CC(C)(CCCC1=CCCCC1)O[SiH3]. The summed E-state index contributed by atoms with van der Waals surface area (Å²) < 4.78 is 5.55. The second-order valence-electron chi connectivity index (χ2n) is 4.93. The van der Waals surface area contributed by atoms with Crippen LogP contribution in [0.2, 0.25) is 0 Å². The molecular formula is C12H24OSi. The Bertz CT molecular complexity index is 196. The predicted molar refractivity (Wildman–Crippen MR) is 65.5 cm³/mol. The third-order valence-corrected chi connectivity index (χ3v) is 4.32. The third-order valence-electron chi connectivity index (χ3n) is 3.21. The topological polar surface area (TPSA) is 9.23 Å². The van der Waals surface area contributed by atoms with Gasteiger partial charge in [0.2, 0.25) is 0 Å². The van der Waals surface area contributed by atoms with Crippen LogP contribution < -0.4 is 0 Å². The smallest absolute Gasteiger partial charge is 0.146 e. The van der Waals surface area contributed by atoms with Crippen LogP contribution in [0.3, 0.4) is 0 Å². The zero-order valence-corrected chi connectivity index (χ0v) is 11.9. The molecule has 0 aromatic carbocycles. The van der Waals surface area contributed by atoms with Crippen molar-refractivity contribution < 1.29 is 4.43 Å². The highest BCUT2D eigenvalue weighted by molar-refractivity contribution is 5.98. The Kier molecular flexibility index (Phi) is 4.89. The van der Waals surface area contributed by atoms with E-state index in [1.807, 2.05) is 0 Å². The minimum atomic E-state index is 0.126. The monoisotopic (exact) mass is 212 g/mol. The van der Waals surface area contributed by atoms with E-state index in [1.165, 1.54) is 44.9 Å². The molecule has 0 heterocycles. The molecule has 0 amide bonds. The van der Waals surface area contributed by atoms with E-state index >= 15 is 0 Å². The van der Waals surface area contributed by atoms with E-state index in [4.69, 9.17) is 4.43 Å². The fourth-order valence-electron chi connectivity index (χ4n) is 1.97. The largest absolute Gasteiger partial charge is 0.423 e. The summed E-state index contributed by atoms with van der Waals surface area (Å²) in [4.78, 5) is 0. The van der Waals surface area contributed by atoms with Crippen LogP contribution in [0.1, 0.15) is 58.8 Å². The van der Waals surface area contributed by atoms with Crippen LogP contribution in [0, 0.1) is 0 Å². The predicted octanol–water partition coefficient (Wildman–Crippen LogP) is 2.73. The lowest BCUT2D eigenvalue weighted by atomic mass is 9.93. The molecule has 2 heteroatoms. The molecule has 0 atom stereocenters. The highest BCUT2D eigenvalue weighted by Crippen LogP contribution is 2.24. The third kappa shape index (κ3) is 4.42. The van der Waals surface area contributed by atoms with Crippen LogP contribution in [-0.4, -0.2) is 16.1 Å². The van der Waals surface area contributed by atoms with Crippen LogP contribution in [-0.2, 0) is 4.43 Å². The molecule has 0 bridgehead atoms. The van der Waals surface area contributed by atoms with Gasteiger partial charge < -0.3 is 4.43 Å². The summed E-state index contributed by atoms with van der Waals surface area (Å²) >= 11 is 0. The summed E-state index contributed by atoms with van der Waals surface area (Å²) in [5, 5.41) is 0. The van der Waals surface area contributed by atoms with E-state index in [2.05, 4.69) is 19.9 Å². The van der Waals surface area contributed by atoms with Crippen molar-refractivity contribution in [2.45, 2.75) is 64.4 Å². The average molecular weight is 212 g/mol. The van der Waals surface area contributed by atoms with Gasteiger partial charge in [0.05, 0.1) is 0 Å². The molecule has 82 valence electrons. The lowest BCUT2D eigenvalue weighted by Crippen LogP contribution is -2.22. The summed E-state index contributed by atoms with van der Waals surface area (Å²) in [6.07, 6.45) is 11.7. The Hall–Kier alpha value is -0.0831. The van der Waals surface area contributed by atoms with Crippen LogP contribution >= 0.6 is 0 Å². The second-order valence-corrected chi connectivity index (χ2v) is 5.33. The maximum atomic E-state index is 5.55. The van der Waals surface area contributed by atoms with Crippen molar-refractivity contribution in [3.63, 3.8) is 0 Å². The zero-order valence-electron chi connectivity index (χ0n) is 9.94. The van der Waals surface area contributed by atoms with E-state index in [9.17, 15) is 0 Å². The van der Waals surface area contributed by atoms with E-state index in [0.29, 0.717) is 0 Å². The van der Waals surface area contributed by atoms with Gasteiger partial charge in [-0.25, -0.2) is 0 Å². The van der Waals surface area contributed by atoms with Crippen LogP contribution in [0.25, 0.3) is 0 Å². The highest BCUT2D eigenvalue weighted by atomic mass is 28.2. The maximum absolute atomic E-state index is 5.55. The molecule has 1 aliphatic carbocycles. The van der Waals surface area contributed by atoms with Crippen molar-refractivity contribution in [2.75, 3.05) is 0 Å². The molecule has 0 saturated carbocycles. The molecule has 1 nitrogen and oxygen atoms in total. The molecule has 0 saturated heterocycles. The van der Waals surface area contributed by atoms with Crippen molar-refractivity contribution in [1.82, 2.24) is 0 Å². The first-order chi connectivity index (χ1) is 6.64. The van der Waals surface area contributed by atoms with Gasteiger partial charge in [-0.05, 0) is 58.8 Å². The Balaban J connectivity index is 2.17. The fourth-order valence-corrected chi connectivity index (χ4v) is 2.18. The molecule has 0 radical (unpaired) electrons. The van der Waals surface area contributed by atoms with E-state index in [0.717, 1.165) is 10.5 Å². The number of hydrogen-bond acceptors (Lipinski definition) is 1. The molecule has 0 N–H and O–H groups in total. The Morgan fingerprint density at radius 3 is 2.79 bits per heavy atom. The van der Waals surface area contributed by atoms with Gasteiger partial charge in [0.25, 0.3) is 0 Å². The average Bonchev–Trinajstić information content (AvgIpc) is 2.19. The van der Waals surface area contributed by atoms with Gasteiger partial charge in [-0.2, -0.15) is 0 Å². The molecule has 14 heavy (non-hydrogen) atoms. The van der Waals surface area contributed by atoms with E-state index in [1.54, 1.807) is 5.57 Å². The minimum Gasteiger partial charge on any atom is -0.423 e. The van der Waals surface area contributed by atoms with Gasteiger partial charge in [0.15, 0.2) is 0 Å². The Morgan fingerprint density at radius 2 is 2.21 bits per heavy atom. The minimum absolute atomic E-state index is 0.126. The van der Waals surface area contributed by atoms with Gasteiger partial charge >= 0.3 is 0 Å². The lowest BCUT2D eigenvalue weighted by molar-refractivity contribution is 0.110. The number of allylic oxidation sites excluding steroid dienone is 2. The lowest BCUT2D eigenvalue weighted by Gasteiger charge is -2.24. The van der Waals surface area contributed by atoms with Crippen molar-refractivity contribution in [1.29, 1.82) is 0 Å². The summed E-state index contributed by atoms with van der Waals surface area (Å²) in [5.74, 6) is 0. The van der Waals surface area contributed by atoms with Crippen molar-refractivity contribution in [2.24, 2.45) is 0 Å². The zero-order chi connectivity index (χ0) is 10.4. The van der Waals surface area contributed by atoms with Crippen LogP contribution in [0.4, 0.5) is 0 Å². The summed E-state index contributed by atoms with van der Waals surface area (Å²) in [7, 11) is 0.859. The summed E-state index contributed by atoms with van der Waals surface area (Å²) in [6, 6.07) is 0. The number of rotatable bonds is 5. The van der Waals surface area contributed by atoms with Crippen LogP contribution in [0.15, 0.2) is 11.6 Å². The van der Waals surface area contributed by atoms with E-state index in [-0.39, 0.29) is 5.60 Å². The van der Waals surface area contributed by atoms with Crippen molar-refractivity contribution in [3.05, 3.63) is 11.6 Å². The first kappa shape index (κ1) is 12.0. The molecule has 0 aliphatic heterocycles. The molecule has 0 aromatic heterocycles. The van der Waals surface area contributed by atoms with Gasteiger partial charge in [-0.15, -0.1) is 0 Å². The summed E-state index contributed by atoms with van der Waals surface area (Å²) in [6.45, 7) is 4.41. The number of hydrogen-bond donors (Lipinski definition) is 0. The van der Waals surface area contributed by atoms with Crippen molar-refractivity contribution >= 4 is 10.5 Å². The standard InChI is InChI=1S/C12H24OSi/c1-12(2,13-14)10-6-9-11-7-4-3-5-8-11/h7H,3-6,8-10H2,1-2,14H3. The second kappa shape index (κ2) is 5.71. The molecule has 0 spiro atoms. The normalized spacial score (nSPS) is 18.3. The molecule has 0 unspecified atom stereocenters. The molecule has 0 fully saturated rings. The molecule has 0 aromatic rings. The first-order valence-electron chi connectivity index (χ1n) is 5.87. The highest BCUT2D eigenvalue weighted by Gasteiger charge is 2.15. The van der Waals surface area contributed by atoms with Gasteiger partial charge in [0.1, 0.15) is 10.5 Å². The molecular weight excluding hydrogens is 188 g/mol. The van der Waals surface area contributed by atoms with Crippen molar-refractivity contribution in [3.8, 4) is 0 Å². The fraction of sp³-hybridized carbons (Fsp3) is 0.833. The Morgan fingerprint density at radius 1 is 1.43 bits per heavy atom. The van der Waals surface area contributed by atoms with Crippen LogP contribution in [0.5, 0.6) is 0 Å². The maximum Gasteiger partial charge on any atom is 0.146 e. The van der Waals surface area contributed by atoms with Gasteiger partial charge in [-0.1, -0.05) is 11.6 Å². The van der Waals surface area contributed by atoms with E-state index < -0.39 is 0 Å². The quantitative estimate of drug-likeness (QED) is 0.503. The van der Waals surface area contributed by atoms with Gasteiger partial charge in [-0.3, -0.25) is 0 Å². The molecule has 1 aliphatic rings. The van der Waals surface area contributed by atoms with Gasteiger partial charge in [0, 0.05) is 5.60 Å². The summed E-state index contributed by atoms with van der Waals surface area (Å²) in [5.41, 5.74) is 1.82. The molecule has 1 rings (SSSR count).